The molecule has 1 unspecified atom stereocenters. The highest BCUT2D eigenvalue weighted by Gasteiger charge is 2.11. The first kappa shape index (κ1) is 16.7. The molecular formula is C15H18FNO4. The van der Waals surface area contributed by atoms with E-state index in [9.17, 15) is 14.0 Å². The number of benzene rings is 1. The van der Waals surface area contributed by atoms with Gasteiger partial charge in [-0.25, -0.2) is 9.18 Å². The monoisotopic (exact) mass is 295 g/mol. The molecule has 0 spiro atoms. The number of carbonyl (C=O) groups excluding carboxylic acids is 1. The average Bonchev–Trinajstić information content (AvgIpc) is 2.43. The molecule has 21 heavy (non-hydrogen) atoms. The maximum absolute atomic E-state index is 13.7. The van der Waals surface area contributed by atoms with Gasteiger partial charge in [0.05, 0.1) is 0 Å². The van der Waals surface area contributed by atoms with Gasteiger partial charge in [0.2, 0.25) is 0 Å². The smallest absolute Gasteiger partial charge is 0.328 e. The number of halogens is 1. The molecule has 0 fully saturated rings. The number of para-hydroxylation sites is 1. The van der Waals surface area contributed by atoms with E-state index in [1.54, 1.807) is 0 Å². The van der Waals surface area contributed by atoms with Crippen molar-refractivity contribution in [3.63, 3.8) is 0 Å². The number of hydrogen-bond acceptors (Lipinski definition) is 3. The molecule has 1 amide bonds. The SMILES string of the molecule is CCC(C)NC(=O)COc1c(F)cccc1/C=C/C(=O)O. The number of amides is 1. The Bertz CT molecular complexity index is 542. The number of rotatable bonds is 7. The van der Waals surface area contributed by atoms with Gasteiger partial charge in [-0.05, 0) is 25.5 Å². The van der Waals surface area contributed by atoms with Crippen LogP contribution in [0, 0.1) is 5.82 Å². The molecule has 1 atom stereocenters. The van der Waals surface area contributed by atoms with Crippen LogP contribution < -0.4 is 10.1 Å². The van der Waals surface area contributed by atoms with Gasteiger partial charge in [-0.3, -0.25) is 4.79 Å². The van der Waals surface area contributed by atoms with Crippen LogP contribution in [-0.4, -0.2) is 29.6 Å². The van der Waals surface area contributed by atoms with Gasteiger partial charge in [0, 0.05) is 17.7 Å². The Morgan fingerprint density at radius 2 is 2.19 bits per heavy atom. The van der Waals surface area contributed by atoms with E-state index >= 15 is 0 Å². The largest absolute Gasteiger partial charge is 0.480 e. The Hall–Kier alpha value is -2.37. The van der Waals surface area contributed by atoms with E-state index < -0.39 is 11.8 Å². The molecule has 1 aromatic rings. The molecule has 0 heterocycles. The lowest BCUT2D eigenvalue weighted by Crippen LogP contribution is -2.35. The van der Waals surface area contributed by atoms with Crippen LogP contribution in [0.15, 0.2) is 24.3 Å². The highest BCUT2D eigenvalue weighted by molar-refractivity contribution is 5.86. The summed E-state index contributed by atoms with van der Waals surface area (Å²) < 4.78 is 18.9. The number of ether oxygens (including phenoxy) is 1. The molecule has 0 saturated carbocycles. The van der Waals surface area contributed by atoms with Crippen LogP contribution in [0.4, 0.5) is 4.39 Å². The Morgan fingerprint density at radius 3 is 2.81 bits per heavy atom. The van der Waals surface area contributed by atoms with Crippen molar-refractivity contribution < 1.29 is 23.8 Å². The van der Waals surface area contributed by atoms with Gasteiger partial charge in [0.1, 0.15) is 0 Å². The molecule has 5 nitrogen and oxygen atoms in total. The number of carboxylic acid groups (broad SMARTS) is 1. The zero-order valence-electron chi connectivity index (χ0n) is 11.9. The Labute approximate surface area is 122 Å². The zero-order chi connectivity index (χ0) is 15.8. The topological polar surface area (TPSA) is 75.6 Å². The number of nitrogens with one attached hydrogen (secondary N) is 1. The molecule has 1 rings (SSSR count). The van der Waals surface area contributed by atoms with Gasteiger partial charge >= 0.3 is 5.97 Å². The van der Waals surface area contributed by atoms with Crippen LogP contribution in [-0.2, 0) is 9.59 Å². The summed E-state index contributed by atoms with van der Waals surface area (Å²) in [5.41, 5.74) is 0.258. The summed E-state index contributed by atoms with van der Waals surface area (Å²) in [7, 11) is 0. The van der Waals surface area contributed by atoms with Crippen molar-refractivity contribution in [2.75, 3.05) is 6.61 Å². The fourth-order valence-electron chi connectivity index (χ4n) is 1.53. The van der Waals surface area contributed by atoms with E-state index in [1.165, 1.54) is 24.3 Å². The van der Waals surface area contributed by atoms with E-state index in [2.05, 4.69) is 5.32 Å². The molecule has 0 aliphatic heterocycles. The maximum Gasteiger partial charge on any atom is 0.328 e. The molecule has 0 aliphatic rings. The first-order valence-corrected chi connectivity index (χ1v) is 6.55. The molecule has 0 bridgehead atoms. The predicted octanol–water partition coefficient (Wildman–Crippen LogP) is 2.22. The van der Waals surface area contributed by atoms with E-state index in [0.717, 1.165) is 12.5 Å². The lowest BCUT2D eigenvalue weighted by atomic mass is 10.2. The van der Waals surface area contributed by atoms with Crippen molar-refractivity contribution in [1.82, 2.24) is 5.32 Å². The molecular weight excluding hydrogens is 277 g/mol. The third-order valence-corrected chi connectivity index (χ3v) is 2.77. The minimum atomic E-state index is -1.15. The maximum atomic E-state index is 13.7. The highest BCUT2D eigenvalue weighted by Crippen LogP contribution is 2.23. The van der Waals surface area contributed by atoms with Gasteiger partial charge in [0.15, 0.2) is 18.2 Å². The second kappa shape index (κ2) is 8.04. The van der Waals surface area contributed by atoms with Crippen molar-refractivity contribution in [2.45, 2.75) is 26.3 Å². The first-order chi connectivity index (χ1) is 9.93. The van der Waals surface area contributed by atoms with Crippen molar-refractivity contribution in [3.05, 3.63) is 35.7 Å². The molecule has 0 aliphatic carbocycles. The third-order valence-electron chi connectivity index (χ3n) is 2.77. The predicted molar refractivity (Wildman–Crippen MR) is 76.5 cm³/mol. The van der Waals surface area contributed by atoms with Gasteiger partial charge in [-0.2, -0.15) is 0 Å². The molecule has 2 N–H and O–H groups in total. The van der Waals surface area contributed by atoms with Crippen LogP contribution in [0.25, 0.3) is 6.08 Å². The molecule has 0 aromatic heterocycles. The Morgan fingerprint density at radius 1 is 1.48 bits per heavy atom. The molecule has 0 saturated heterocycles. The zero-order valence-corrected chi connectivity index (χ0v) is 11.9. The van der Waals surface area contributed by atoms with E-state index in [1.807, 2.05) is 13.8 Å². The summed E-state index contributed by atoms with van der Waals surface area (Å²) in [5.74, 6) is -2.31. The fraction of sp³-hybridized carbons (Fsp3) is 0.333. The van der Waals surface area contributed by atoms with Gasteiger partial charge in [-0.1, -0.05) is 19.1 Å². The fourth-order valence-corrected chi connectivity index (χ4v) is 1.53. The average molecular weight is 295 g/mol. The van der Waals surface area contributed by atoms with E-state index in [0.29, 0.717) is 0 Å². The minimum Gasteiger partial charge on any atom is -0.480 e. The second-order valence-corrected chi connectivity index (χ2v) is 4.50. The van der Waals surface area contributed by atoms with Crippen molar-refractivity contribution in [3.8, 4) is 5.75 Å². The number of hydrogen-bond donors (Lipinski definition) is 2. The van der Waals surface area contributed by atoms with Crippen LogP contribution in [0.3, 0.4) is 0 Å². The molecule has 1 aromatic carbocycles. The van der Waals surface area contributed by atoms with E-state index in [4.69, 9.17) is 9.84 Å². The third kappa shape index (κ3) is 5.64. The summed E-state index contributed by atoms with van der Waals surface area (Å²) in [6.45, 7) is 3.44. The second-order valence-electron chi connectivity index (χ2n) is 4.50. The summed E-state index contributed by atoms with van der Waals surface area (Å²) in [4.78, 5) is 22.1. The summed E-state index contributed by atoms with van der Waals surface area (Å²) >= 11 is 0. The van der Waals surface area contributed by atoms with E-state index in [-0.39, 0.29) is 29.9 Å². The first-order valence-electron chi connectivity index (χ1n) is 6.55. The summed E-state index contributed by atoms with van der Waals surface area (Å²) in [5, 5.41) is 11.3. The number of carboxylic acids is 1. The summed E-state index contributed by atoms with van der Waals surface area (Å²) in [6, 6.07) is 4.13. The lowest BCUT2D eigenvalue weighted by molar-refractivity contribution is -0.131. The standard InChI is InChI=1S/C15H18FNO4/c1-3-10(2)17-13(18)9-21-15-11(7-8-14(19)20)5-4-6-12(15)16/h4-8,10H,3,9H2,1-2H3,(H,17,18)(H,19,20)/b8-7+. The normalized spacial score (nSPS) is 12.1. The Kier molecular flexibility index (Phi) is 6.39. The van der Waals surface area contributed by atoms with Crippen LogP contribution in [0.1, 0.15) is 25.8 Å². The van der Waals surface area contributed by atoms with Crippen LogP contribution >= 0.6 is 0 Å². The lowest BCUT2D eigenvalue weighted by Gasteiger charge is -2.13. The van der Waals surface area contributed by atoms with Gasteiger partial charge in [0.25, 0.3) is 5.91 Å². The summed E-state index contributed by atoms with van der Waals surface area (Å²) in [6.07, 6.45) is 2.87. The van der Waals surface area contributed by atoms with Crippen molar-refractivity contribution >= 4 is 18.0 Å². The number of carbonyl (C=O) groups is 2. The van der Waals surface area contributed by atoms with Crippen LogP contribution in [0.5, 0.6) is 5.75 Å². The molecule has 114 valence electrons. The minimum absolute atomic E-state index is 0.00750. The van der Waals surface area contributed by atoms with Crippen molar-refractivity contribution in [2.24, 2.45) is 0 Å². The van der Waals surface area contributed by atoms with Gasteiger partial charge in [-0.15, -0.1) is 0 Å². The molecule has 0 radical (unpaired) electrons. The molecule has 6 heteroatoms. The Balaban J connectivity index is 2.78. The van der Waals surface area contributed by atoms with Gasteiger partial charge < -0.3 is 15.2 Å². The van der Waals surface area contributed by atoms with Crippen molar-refractivity contribution in [1.29, 1.82) is 0 Å². The number of aliphatic carboxylic acids is 1. The highest BCUT2D eigenvalue weighted by atomic mass is 19.1. The quantitative estimate of drug-likeness (QED) is 0.756. The van der Waals surface area contributed by atoms with Crippen LogP contribution in [0.2, 0.25) is 0 Å².